The summed E-state index contributed by atoms with van der Waals surface area (Å²) < 4.78 is 16.2. The molecular weight excluding hydrogens is 308 g/mol. The van der Waals surface area contributed by atoms with Gasteiger partial charge in [-0.15, -0.1) is 0 Å². The maximum Gasteiger partial charge on any atom is 0.256 e. The minimum atomic E-state index is -0.838. The number of carbonyl (C=O) groups is 1. The molecule has 0 aliphatic carbocycles. The van der Waals surface area contributed by atoms with Gasteiger partial charge in [0.05, 0.1) is 18.0 Å². The number of aromatic nitrogens is 1. The fourth-order valence-electron chi connectivity index (χ4n) is 2.18. The molecule has 1 amide bonds. The molecule has 0 unspecified atom stereocenters. The number of nitrogens with zero attached hydrogens (tertiary/aromatic N) is 1. The van der Waals surface area contributed by atoms with Crippen LogP contribution in [0, 0.1) is 6.92 Å². The molecule has 0 radical (unpaired) electrons. The molecule has 6 nitrogen and oxygen atoms in total. The lowest BCUT2D eigenvalue weighted by atomic mass is 9.97. The van der Waals surface area contributed by atoms with E-state index in [0.29, 0.717) is 43.5 Å². The van der Waals surface area contributed by atoms with E-state index < -0.39 is 5.60 Å². The third-order valence-electron chi connectivity index (χ3n) is 3.93. The zero-order valence-electron chi connectivity index (χ0n) is 15.5. The van der Waals surface area contributed by atoms with Gasteiger partial charge in [0.25, 0.3) is 5.91 Å². The fourth-order valence-corrected chi connectivity index (χ4v) is 2.18. The summed E-state index contributed by atoms with van der Waals surface area (Å²) in [4.78, 5) is 16.9. The first-order valence-electron chi connectivity index (χ1n) is 8.51. The lowest BCUT2D eigenvalue weighted by Gasteiger charge is -2.27. The van der Waals surface area contributed by atoms with E-state index in [2.05, 4.69) is 17.2 Å². The Morgan fingerprint density at radius 2 is 2.04 bits per heavy atom. The summed E-state index contributed by atoms with van der Waals surface area (Å²) in [5.41, 5.74) is 0.526. The summed E-state index contributed by atoms with van der Waals surface area (Å²) in [7, 11) is 1.57. The Morgan fingerprint density at radius 1 is 1.29 bits per heavy atom. The third kappa shape index (κ3) is 6.09. The van der Waals surface area contributed by atoms with Gasteiger partial charge in [-0.3, -0.25) is 4.79 Å². The van der Waals surface area contributed by atoms with Crippen molar-refractivity contribution in [3.8, 4) is 5.88 Å². The van der Waals surface area contributed by atoms with Crippen molar-refractivity contribution in [1.29, 1.82) is 0 Å². The second-order valence-corrected chi connectivity index (χ2v) is 5.82. The first-order valence-corrected chi connectivity index (χ1v) is 8.51. The molecule has 0 aromatic carbocycles. The van der Waals surface area contributed by atoms with Crippen LogP contribution in [0.2, 0.25) is 0 Å². The first kappa shape index (κ1) is 20.4. The summed E-state index contributed by atoms with van der Waals surface area (Å²) in [6.07, 6.45) is 2.62. The summed E-state index contributed by atoms with van der Waals surface area (Å²) in [5.74, 6) is 0.360. The van der Waals surface area contributed by atoms with Crippen molar-refractivity contribution in [2.45, 2.75) is 52.6 Å². The molecule has 0 aliphatic rings. The summed E-state index contributed by atoms with van der Waals surface area (Å²) >= 11 is 0. The molecule has 0 bridgehead atoms. The van der Waals surface area contributed by atoms with Crippen LogP contribution in [0.5, 0.6) is 5.88 Å². The Bertz CT molecular complexity index is 522. The number of pyridine rings is 1. The molecule has 0 spiro atoms. The van der Waals surface area contributed by atoms with Crippen molar-refractivity contribution in [2.75, 3.05) is 32.2 Å². The van der Waals surface area contributed by atoms with Crippen LogP contribution in [0.3, 0.4) is 0 Å². The largest absolute Gasteiger partial charge is 0.475 e. The fraction of sp³-hybridized carbons (Fsp3) is 0.667. The SMILES string of the molecule is CCCC[C@](C)(OC)C(=O)Nc1ccc(OCCOCC)nc1C. The smallest absolute Gasteiger partial charge is 0.256 e. The highest BCUT2D eigenvalue weighted by molar-refractivity contribution is 5.97. The van der Waals surface area contributed by atoms with Crippen LogP contribution in [0.15, 0.2) is 12.1 Å². The number of aryl methyl sites for hydroxylation is 1. The Balaban J connectivity index is 2.68. The van der Waals surface area contributed by atoms with E-state index in [9.17, 15) is 4.79 Å². The molecular formula is C18H30N2O4. The molecule has 1 rings (SSSR count). The van der Waals surface area contributed by atoms with Gasteiger partial charge in [0, 0.05) is 19.8 Å². The maximum absolute atomic E-state index is 12.5. The minimum Gasteiger partial charge on any atom is -0.475 e. The number of nitrogens with one attached hydrogen (secondary N) is 1. The van der Waals surface area contributed by atoms with Gasteiger partial charge in [0.15, 0.2) is 0 Å². The molecule has 6 heteroatoms. The topological polar surface area (TPSA) is 69.7 Å². The Labute approximate surface area is 144 Å². The minimum absolute atomic E-state index is 0.159. The molecule has 136 valence electrons. The molecule has 0 saturated heterocycles. The van der Waals surface area contributed by atoms with Crippen LogP contribution >= 0.6 is 0 Å². The van der Waals surface area contributed by atoms with Gasteiger partial charge in [0.1, 0.15) is 12.2 Å². The van der Waals surface area contributed by atoms with Crippen LogP contribution in [0.25, 0.3) is 0 Å². The van der Waals surface area contributed by atoms with E-state index in [1.54, 1.807) is 19.2 Å². The zero-order chi connectivity index (χ0) is 18.0. The molecule has 1 aromatic rings. The first-order chi connectivity index (χ1) is 11.5. The van der Waals surface area contributed by atoms with Crippen LogP contribution < -0.4 is 10.1 Å². The molecule has 0 aliphatic heterocycles. The standard InChI is InChI=1S/C18H30N2O4/c1-6-8-11-18(4,22-5)17(21)20-15-9-10-16(19-14(15)3)24-13-12-23-7-2/h9-10H,6-8,11-13H2,1-5H3,(H,20,21)/t18-/m0/s1. The molecule has 1 atom stereocenters. The number of methoxy groups -OCH3 is 1. The van der Waals surface area contributed by atoms with Crippen molar-refractivity contribution < 1.29 is 19.0 Å². The number of carbonyl (C=O) groups excluding carboxylic acids is 1. The van der Waals surface area contributed by atoms with E-state index >= 15 is 0 Å². The molecule has 24 heavy (non-hydrogen) atoms. The number of hydrogen-bond donors (Lipinski definition) is 1. The van der Waals surface area contributed by atoms with Gasteiger partial charge in [-0.05, 0) is 33.3 Å². The second kappa shape index (κ2) is 10.3. The van der Waals surface area contributed by atoms with Gasteiger partial charge in [-0.1, -0.05) is 19.8 Å². The lowest BCUT2D eigenvalue weighted by molar-refractivity contribution is -0.136. The van der Waals surface area contributed by atoms with Crippen LogP contribution in [-0.4, -0.2) is 43.4 Å². The quantitative estimate of drug-likeness (QED) is 0.627. The number of anilines is 1. The summed E-state index contributed by atoms with van der Waals surface area (Å²) in [6.45, 7) is 9.31. The van der Waals surface area contributed by atoms with E-state index in [1.807, 2.05) is 20.8 Å². The molecule has 0 fully saturated rings. The number of ether oxygens (including phenoxy) is 3. The summed E-state index contributed by atoms with van der Waals surface area (Å²) in [6, 6.07) is 3.54. The number of rotatable bonds is 11. The van der Waals surface area contributed by atoms with Gasteiger partial charge >= 0.3 is 0 Å². The van der Waals surface area contributed by atoms with Gasteiger partial charge in [-0.25, -0.2) is 4.98 Å². The highest BCUT2D eigenvalue weighted by atomic mass is 16.5. The highest BCUT2D eigenvalue weighted by Gasteiger charge is 2.32. The molecule has 1 N–H and O–H groups in total. The van der Waals surface area contributed by atoms with E-state index in [4.69, 9.17) is 14.2 Å². The molecule has 1 heterocycles. The Kier molecular flexibility index (Phi) is 8.71. The van der Waals surface area contributed by atoms with Crippen LogP contribution in [0.4, 0.5) is 5.69 Å². The van der Waals surface area contributed by atoms with Crippen molar-refractivity contribution in [2.24, 2.45) is 0 Å². The van der Waals surface area contributed by atoms with E-state index in [0.717, 1.165) is 12.8 Å². The zero-order valence-corrected chi connectivity index (χ0v) is 15.5. The normalized spacial score (nSPS) is 13.4. The maximum atomic E-state index is 12.5. The van der Waals surface area contributed by atoms with Crippen molar-refractivity contribution in [3.63, 3.8) is 0 Å². The van der Waals surface area contributed by atoms with Crippen LogP contribution in [0.1, 0.15) is 45.7 Å². The monoisotopic (exact) mass is 338 g/mol. The average Bonchev–Trinajstić information content (AvgIpc) is 2.58. The number of amides is 1. The lowest BCUT2D eigenvalue weighted by Crippen LogP contribution is -2.42. The predicted octanol–water partition coefficient (Wildman–Crippen LogP) is 3.34. The molecule has 0 saturated carbocycles. The number of unbranched alkanes of at least 4 members (excludes halogenated alkanes) is 1. The summed E-state index contributed by atoms with van der Waals surface area (Å²) in [5, 5.41) is 2.91. The molecule has 1 aromatic heterocycles. The second-order valence-electron chi connectivity index (χ2n) is 5.82. The van der Waals surface area contributed by atoms with Gasteiger partial charge in [0.2, 0.25) is 5.88 Å². The third-order valence-corrected chi connectivity index (χ3v) is 3.93. The highest BCUT2D eigenvalue weighted by Crippen LogP contribution is 2.23. The van der Waals surface area contributed by atoms with Gasteiger partial charge < -0.3 is 19.5 Å². The van der Waals surface area contributed by atoms with E-state index in [1.165, 1.54) is 0 Å². The Morgan fingerprint density at radius 3 is 2.62 bits per heavy atom. The van der Waals surface area contributed by atoms with Gasteiger partial charge in [-0.2, -0.15) is 0 Å². The van der Waals surface area contributed by atoms with Crippen molar-refractivity contribution in [3.05, 3.63) is 17.8 Å². The Hall–Kier alpha value is -1.66. The average molecular weight is 338 g/mol. The predicted molar refractivity (Wildman–Crippen MR) is 94.5 cm³/mol. The van der Waals surface area contributed by atoms with E-state index in [-0.39, 0.29) is 5.91 Å². The number of hydrogen-bond acceptors (Lipinski definition) is 5. The van der Waals surface area contributed by atoms with Crippen LogP contribution in [-0.2, 0) is 14.3 Å². The van der Waals surface area contributed by atoms with Crippen molar-refractivity contribution in [1.82, 2.24) is 4.98 Å². The van der Waals surface area contributed by atoms with Crippen molar-refractivity contribution >= 4 is 11.6 Å².